The molecule has 0 bridgehead atoms. The molecule has 2 heterocycles. The van der Waals surface area contributed by atoms with Crippen molar-refractivity contribution in [2.75, 3.05) is 6.54 Å². The summed E-state index contributed by atoms with van der Waals surface area (Å²) >= 11 is 0. The molecule has 4 heteroatoms. The predicted octanol–water partition coefficient (Wildman–Crippen LogP) is 1.55. The summed E-state index contributed by atoms with van der Waals surface area (Å²) in [5.74, 6) is 0.971. The van der Waals surface area contributed by atoms with E-state index in [2.05, 4.69) is 22.2 Å². The van der Waals surface area contributed by atoms with Gasteiger partial charge in [-0.15, -0.1) is 0 Å². The van der Waals surface area contributed by atoms with Crippen molar-refractivity contribution in [2.45, 2.75) is 32.2 Å². The molecule has 0 unspecified atom stereocenters. The fourth-order valence-electron chi connectivity index (χ4n) is 1.93. The molecule has 0 aromatic carbocycles. The molecule has 82 valence electrons. The minimum Gasteiger partial charge on any atom is -0.314 e. The molecule has 1 aromatic heterocycles. The van der Waals surface area contributed by atoms with E-state index < -0.39 is 0 Å². The Morgan fingerprint density at radius 1 is 1.40 bits per heavy atom. The molecule has 1 aliphatic heterocycles. The van der Waals surface area contributed by atoms with Crippen LogP contribution in [0, 0.1) is 11.7 Å². The van der Waals surface area contributed by atoms with Crippen LogP contribution in [0.1, 0.15) is 25.6 Å². The molecule has 1 saturated heterocycles. The van der Waals surface area contributed by atoms with Gasteiger partial charge >= 0.3 is 0 Å². The summed E-state index contributed by atoms with van der Waals surface area (Å²) in [6.07, 6.45) is 5.73. The number of hydrogen-bond acceptors (Lipinski definition) is 3. The van der Waals surface area contributed by atoms with E-state index in [9.17, 15) is 4.39 Å². The number of aromatic nitrogens is 2. The van der Waals surface area contributed by atoms with Crippen LogP contribution < -0.4 is 5.32 Å². The van der Waals surface area contributed by atoms with Crippen molar-refractivity contribution in [2.24, 2.45) is 5.92 Å². The maximum Gasteiger partial charge on any atom is 0.159 e. The van der Waals surface area contributed by atoms with E-state index >= 15 is 0 Å². The van der Waals surface area contributed by atoms with Crippen molar-refractivity contribution < 1.29 is 4.39 Å². The molecule has 0 aliphatic carbocycles. The van der Waals surface area contributed by atoms with E-state index in [0.29, 0.717) is 12.0 Å². The first kappa shape index (κ1) is 10.5. The summed E-state index contributed by atoms with van der Waals surface area (Å²) in [5.41, 5.74) is 0. The van der Waals surface area contributed by atoms with Gasteiger partial charge in [0.1, 0.15) is 5.82 Å². The van der Waals surface area contributed by atoms with Gasteiger partial charge in [-0.05, 0) is 32.2 Å². The normalized spacial score (nSPS) is 26.5. The lowest BCUT2D eigenvalue weighted by molar-refractivity contribution is 0.318. The summed E-state index contributed by atoms with van der Waals surface area (Å²) in [6.45, 7) is 3.21. The lowest BCUT2D eigenvalue weighted by Gasteiger charge is -2.27. The summed E-state index contributed by atoms with van der Waals surface area (Å²) in [7, 11) is 0. The van der Waals surface area contributed by atoms with Crippen LogP contribution in [-0.2, 0) is 6.42 Å². The SMILES string of the molecule is C[C@H]1CC[C@H](Cc2ncc(F)cn2)CN1. The molecule has 1 N–H and O–H groups in total. The molecule has 1 aromatic rings. The van der Waals surface area contributed by atoms with Crippen molar-refractivity contribution in [1.82, 2.24) is 15.3 Å². The summed E-state index contributed by atoms with van der Waals surface area (Å²) < 4.78 is 12.6. The second-order valence-corrected chi connectivity index (χ2v) is 4.27. The van der Waals surface area contributed by atoms with Crippen LogP contribution in [0.25, 0.3) is 0 Å². The van der Waals surface area contributed by atoms with E-state index in [1.807, 2.05) is 0 Å². The first-order valence-corrected chi connectivity index (χ1v) is 5.44. The van der Waals surface area contributed by atoms with Crippen molar-refractivity contribution >= 4 is 0 Å². The van der Waals surface area contributed by atoms with Gasteiger partial charge in [0.25, 0.3) is 0 Å². The number of halogens is 1. The van der Waals surface area contributed by atoms with Crippen LogP contribution in [0.4, 0.5) is 4.39 Å². The van der Waals surface area contributed by atoms with E-state index in [1.54, 1.807) is 0 Å². The monoisotopic (exact) mass is 209 g/mol. The van der Waals surface area contributed by atoms with Crippen LogP contribution in [0.5, 0.6) is 0 Å². The fourth-order valence-corrected chi connectivity index (χ4v) is 1.93. The molecular formula is C11H16FN3. The lowest BCUT2D eigenvalue weighted by atomic mass is 9.92. The Hall–Kier alpha value is -1.03. The largest absolute Gasteiger partial charge is 0.314 e. The van der Waals surface area contributed by atoms with Gasteiger partial charge in [-0.1, -0.05) is 0 Å². The lowest BCUT2D eigenvalue weighted by Crippen LogP contribution is -2.37. The number of nitrogens with one attached hydrogen (secondary N) is 1. The van der Waals surface area contributed by atoms with Crippen molar-refractivity contribution in [3.05, 3.63) is 24.0 Å². The van der Waals surface area contributed by atoms with E-state index in [0.717, 1.165) is 18.8 Å². The topological polar surface area (TPSA) is 37.8 Å². The van der Waals surface area contributed by atoms with E-state index in [-0.39, 0.29) is 5.82 Å². The highest BCUT2D eigenvalue weighted by atomic mass is 19.1. The second-order valence-electron chi connectivity index (χ2n) is 4.27. The Labute approximate surface area is 89.1 Å². The van der Waals surface area contributed by atoms with Crippen molar-refractivity contribution in [3.63, 3.8) is 0 Å². The molecule has 0 spiro atoms. The molecule has 0 amide bonds. The average molecular weight is 209 g/mol. The molecular weight excluding hydrogens is 193 g/mol. The first-order chi connectivity index (χ1) is 7.24. The zero-order valence-electron chi connectivity index (χ0n) is 8.91. The van der Waals surface area contributed by atoms with Gasteiger partial charge in [0, 0.05) is 12.5 Å². The molecule has 1 aliphatic rings. The van der Waals surface area contributed by atoms with E-state index in [1.165, 1.54) is 25.2 Å². The second kappa shape index (κ2) is 4.66. The van der Waals surface area contributed by atoms with Gasteiger partial charge in [0.05, 0.1) is 12.4 Å². The van der Waals surface area contributed by atoms with Gasteiger partial charge in [0.2, 0.25) is 0 Å². The Bertz CT molecular complexity index is 304. The van der Waals surface area contributed by atoms with Gasteiger partial charge in [-0.3, -0.25) is 0 Å². The highest BCUT2D eigenvalue weighted by Gasteiger charge is 2.18. The number of piperidine rings is 1. The van der Waals surface area contributed by atoms with Gasteiger partial charge < -0.3 is 5.32 Å². The standard InChI is InChI=1S/C11H16FN3/c1-8-2-3-9(5-13-8)4-11-14-6-10(12)7-15-11/h6-9,13H,2-5H2,1H3/t8-,9+/m0/s1. The summed E-state index contributed by atoms with van der Waals surface area (Å²) in [5, 5.41) is 3.43. The zero-order chi connectivity index (χ0) is 10.7. The van der Waals surface area contributed by atoms with Crippen LogP contribution in [0.3, 0.4) is 0 Å². The minimum atomic E-state index is -0.367. The highest BCUT2D eigenvalue weighted by Crippen LogP contribution is 2.17. The predicted molar refractivity (Wildman–Crippen MR) is 55.9 cm³/mol. The molecule has 15 heavy (non-hydrogen) atoms. The summed E-state index contributed by atoms with van der Waals surface area (Å²) in [4.78, 5) is 7.96. The fraction of sp³-hybridized carbons (Fsp3) is 0.636. The number of rotatable bonds is 2. The Kier molecular flexibility index (Phi) is 3.26. The third-order valence-electron chi connectivity index (χ3n) is 2.91. The minimum absolute atomic E-state index is 0.367. The molecule has 3 nitrogen and oxygen atoms in total. The van der Waals surface area contributed by atoms with Crippen molar-refractivity contribution in [1.29, 1.82) is 0 Å². The zero-order valence-corrected chi connectivity index (χ0v) is 8.91. The average Bonchev–Trinajstić information content (AvgIpc) is 2.25. The van der Waals surface area contributed by atoms with Crippen LogP contribution in [0.15, 0.2) is 12.4 Å². The smallest absolute Gasteiger partial charge is 0.159 e. The quantitative estimate of drug-likeness (QED) is 0.803. The molecule has 2 atom stereocenters. The number of nitrogens with zero attached hydrogens (tertiary/aromatic N) is 2. The number of hydrogen-bond donors (Lipinski definition) is 1. The molecule has 2 rings (SSSR count). The Morgan fingerprint density at radius 3 is 2.73 bits per heavy atom. The maximum atomic E-state index is 12.6. The van der Waals surface area contributed by atoms with E-state index in [4.69, 9.17) is 0 Å². The molecule has 1 fully saturated rings. The van der Waals surface area contributed by atoms with Crippen molar-refractivity contribution in [3.8, 4) is 0 Å². The van der Waals surface area contributed by atoms with Gasteiger partial charge in [-0.25, -0.2) is 14.4 Å². The van der Waals surface area contributed by atoms with Crippen LogP contribution in [-0.4, -0.2) is 22.6 Å². The highest BCUT2D eigenvalue weighted by molar-refractivity contribution is 4.93. The van der Waals surface area contributed by atoms with Crippen LogP contribution >= 0.6 is 0 Å². The Morgan fingerprint density at radius 2 is 2.13 bits per heavy atom. The van der Waals surface area contributed by atoms with Gasteiger partial charge in [-0.2, -0.15) is 0 Å². The molecule has 0 saturated carbocycles. The first-order valence-electron chi connectivity index (χ1n) is 5.44. The summed E-state index contributed by atoms with van der Waals surface area (Å²) in [6, 6.07) is 0.621. The van der Waals surface area contributed by atoms with Gasteiger partial charge in [0.15, 0.2) is 5.82 Å². The molecule has 0 radical (unpaired) electrons. The third kappa shape index (κ3) is 2.96. The maximum absolute atomic E-state index is 12.6. The Balaban J connectivity index is 1.89. The third-order valence-corrected chi connectivity index (χ3v) is 2.91. The van der Waals surface area contributed by atoms with Crippen LogP contribution in [0.2, 0.25) is 0 Å².